The number of nitriles is 1. The van der Waals surface area contributed by atoms with Gasteiger partial charge in [0.1, 0.15) is 17.4 Å². The van der Waals surface area contributed by atoms with Gasteiger partial charge in [0.15, 0.2) is 11.5 Å². The molecule has 0 aromatic heterocycles. The second-order valence-corrected chi connectivity index (χ2v) is 6.29. The molecule has 2 aromatic rings. The first-order valence-electron chi connectivity index (χ1n) is 7.96. The summed E-state index contributed by atoms with van der Waals surface area (Å²) < 4.78 is 16.3. The van der Waals surface area contributed by atoms with Gasteiger partial charge in [-0.2, -0.15) is 5.26 Å². The highest BCUT2D eigenvalue weighted by molar-refractivity contribution is 9.10. The highest BCUT2D eigenvalue weighted by Crippen LogP contribution is 2.36. The zero-order chi connectivity index (χ0) is 19.8. The summed E-state index contributed by atoms with van der Waals surface area (Å²) in [4.78, 5) is 12.3. The van der Waals surface area contributed by atoms with Gasteiger partial charge < -0.3 is 19.5 Å². The molecule has 6 nitrogen and oxygen atoms in total. The average Bonchev–Trinajstić information content (AvgIpc) is 2.70. The summed E-state index contributed by atoms with van der Waals surface area (Å²) in [5.41, 5.74) is 1.52. The van der Waals surface area contributed by atoms with Crippen LogP contribution >= 0.6 is 15.9 Å². The van der Waals surface area contributed by atoms with Gasteiger partial charge in [0.05, 0.1) is 25.8 Å². The minimum Gasteiger partial charge on any atom is -0.497 e. The van der Waals surface area contributed by atoms with Gasteiger partial charge in [-0.15, -0.1) is 0 Å². The third-order valence-corrected chi connectivity index (χ3v) is 4.33. The third-order valence-electron chi connectivity index (χ3n) is 3.74. The predicted molar refractivity (Wildman–Crippen MR) is 106 cm³/mol. The maximum Gasteiger partial charge on any atom is 0.262 e. The van der Waals surface area contributed by atoms with Crippen molar-refractivity contribution in [3.63, 3.8) is 0 Å². The number of carbonyl (C=O) groups excluding carboxylic acids is 1. The SMILES string of the molecule is COc1ccc(CNC(=O)/C(C#N)=C/c2cc(Br)c(OC)c(OC)c2)cc1. The monoisotopic (exact) mass is 430 g/mol. The minimum absolute atomic E-state index is 0.0115. The van der Waals surface area contributed by atoms with Crippen LogP contribution in [0.5, 0.6) is 17.2 Å². The van der Waals surface area contributed by atoms with Crippen LogP contribution in [0.25, 0.3) is 6.08 Å². The smallest absolute Gasteiger partial charge is 0.262 e. The van der Waals surface area contributed by atoms with Crippen LogP contribution in [0.1, 0.15) is 11.1 Å². The highest BCUT2D eigenvalue weighted by atomic mass is 79.9. The maximum absolute atomic E-state index is 12.3. The van der Waals surface area contributed by atoms with E-state index < -0.39 is 5.91 Å². The fourth-order valence-corrected chi connectivity index (χ4v) is 2.98. The van der Waals surface area contributed by atoms with Crippen LogP contribution in [0.15, 0.2) is 46.4 Å². The Morgan fingerprint density at radius 3 is 2.41 bits per heavy atom. The summed E-state index contributed by atoms with van der Waals surface area (Å²) in [7, 11) is 4.64. The zero-order valence-electron chi connectivity index (χ0n) is 15.2. The predicted octanol–water partition coefficient (Wildman–Crippen LogP) is 3.70. The van der Waals surface area contributed by atoms with Crippen LogP contribution < -0.4 is 19.5 Å². The van der Waals surface area contributed by atoms with Gasteiger partial charge >= 0.3 is 0 Å². The lowest BCUT2D eigenvalue weighted by atomic mass is 10.1. The lowest BCUT2D eigenvalue weighted by Gasteiger charge is -2.11. The quantitative estimate of drug-likeness (QED) is 0.534. The van der Waals surface area contributed by atoms with Crippen molar-refractivity contribution in [1.82, 2.24) is 5.32 Å². The van der Waals surface area contributed by atoms with Crippen molar-refractivity contribution in [2.75, 3.05) is 21.3 Å². The number of amides is 1. The number of nitrogens with zero attached hydrogens (tertiary/aromatic N) is 1. The Morgan fingerprint density at radius 1 is 1.15 bits per heavy atom. The molecule has 1 N–H and O–H groups in total. The molecule has 0 aliphatic carbocycles. The second kappa shape index (κ2) is 9.64. The van der Waals surface area contributed by atoms with E-state index in [0.29, 0.717) is 28.1 Å². The molecule has 0 bridgehead atoms. The van der Waals surface area contributed by atoms with Gasteiger partial charge in [-0.1, -0.05) is 12.1 Å². The van der Waals surface area contributed by atoms with Crippen molar-refractivity contribution >= 4 is 27.9 Å². The molecule has 0 fully saturated rings. The molecule has 1 amide bonds. The normalized spacial score (nSPS) is 10.7. The van der Waals surface area contributed by atoms with Gasteiger partial charge in [0.25, 0.3) is 5.91 Å². The molecular weight excluding hydrogens is 412 g/mol. The molecule has 140 valence electrons. The molecule has 0 heterocycles. The number of ether oxygens (including phenoxy) is 3. The molecule has 0 unspecified atom stereocenters. The van der Waals surface area contributed by atoms with Crippen LogP contribution in [0.2, 0.25) is 0 Å². The molecule has 0 aliphatic rings. The van der Waals surface area contributed by atoms with E-state index in [2.05, 4.69) is 21.2 Å². The fourth-order valence-electron chi connectivity index (χ4n) is 2.36. The maximum atomic E-state index is 12.3. The van der Waals surface area contributed by atoms with Gasteiger partial charge in [0.2, 0.25) is 0 Å². The zero-order valence-corrected chi connectivity index (χ0v) is 16.8. The Morgan fingerprint density at radius 2 is 1.85 bits per heavy atom. The molecule has 0 spiro atoms. The van der Waals surface area contributed by atoms with Crippen LogP contribution in [-0.4, -0.2) is 27.2 Å². The fraction of sp³-hybridized carbons (Fsp3) is 0.200. The number of methoxy groups -OCH3 is 3. The van der Waals surface area contributed by atoms with Crippen LogP contribution in [0, 0.1) is 11.3 Å². The van der Waals surface area contributed by atoms with E-state index in [-0.39, 0.29) is 5.57 Å². The number of carbonyl (C=O) groups is 1. The Balaban J connectivity index is 2.16. The Labute approximate surface area is 166 Å². The largest absolute Gasteiger partial charge is 0.497 e. The summed E-state index contributed by atoms with van der Waals surface area (Å²) in [5.74, 6) is 1.31. The summed E-state index contributed by atoms with van der Waals surface area (Å²) in [6, 6.07) is 12.7. The van der Waals surface area contributed by atoms with Gasteiger partial charge in [-0.3, -0.25) is 4.79 Å². The van der Waals surface area contributed by atoms with E-state index in [4.69, 9.17) is 14.2 Å². The molecule has 0 saturated heterocycles. The van der Waals surface area contributed by atoms with Crippen molar-refractivity contribution in [1.29, 1.82) is 5.26 Å². The summed E-state index contributed by atoms with van der Waals surface area (Å²) in [6.45, 7) is 0.303. The highest BCUT2D eigenvalue weighted by Gasteiger charge is 2.13. The van der Waals surface area contributed by atoms with Crippen LogP contribution in [-0.2, 0) is 11.3 Å². The lowest BCUT2D eigenvalue weighted by molar-refractivity contribution is -0.117. The number of benzene rings is 2. The number of rotatable bonds is 7. The third kappa shape index (κ3) is 5.25. The Hall–Kier alpha value is -2.98. The molecule has 2 rings (SSSR count). The molecule has 0 saturated carbocycles. The van der Waals surface area contributed by atoms with E-state index in [9.17, 15) is 10.1 Å². The lowest BCUT2D eigenvalue weighted by Crippen LogP contribution is -2.23. The van der Waals surface area contributed by atoms with E-state index in [1.54, 1.807) is 19.2 Å². The molecular formula is C20H19BrN2O4. The Bertz CT molecular complexity index is 886. The van der Waals surface area contributed by atoms with Crippen LogP contribution in [0.3, 0.4) is 0 Å². The minimum atomic E-state index is -0.459. The molecule has 0 aliphatic heterocycles. The summed E-state index contributed by atoms with van der Waals surface area (Å²) >= 11 is 3.39. The number of hydrogen-bond acceptors (Lipinski definition) is 5. The van der Waals surface area contributed by atoms with E-state index in [1.807, 2.05) is 30.3 Å². The molecule has 0 radical (unpaired) electrons. The summed E-state index contributed by atoms with van der Waals surface area (Å²) in [5, 5.41) is 12.1. The van der Waals surface area contributed by atoms with E-state index >= 15 is 0 Å². The number of hydrogen-bond donors (Lipinski definition) is 1. The molecule has 2 aromatic carbocycles. The topological polar surface area (TPSA) is 80.6 Å². The van der Waals surface area contributed by atoms with Crippen molar-refractivity contribution in [2.45, 2.75) is 6.54 Å². The van der Waals surface area contributed by atoms with Gasteiger partial charge in [-0.25, -0.2) is 0 Å². The van der Waals surface area contributed by atoms with Gasteiger partial charge in [-0.05, 0) is 57.4 Å². The first-order valence-corrected chi connectivity index (χ1v) is 8.76. The molecule has 7 heteroatoms. The molecule has 27 heavy (non-hydrogen) atoms. The first kappa shape index (κ1) is 20.3. The van der Waals surface area contributed by atoms with Crippen molar-refractivity contribution in [3.8, 4) is 23.3 Å². The van der Waals surface area contributed by atoms with Crippen molar-refractivity contribution < 1.29 is 19.0 Å². The average molecular weight is 431 g/mol. The van der Waals surface area contributed by atoms with Crippen molar-refractivity contribution in [2.24, 2.45) is 0 Å². The second-order valence-electron chi connectivity index (χ2n) is 5.44. The number of nitrogens with one attached hydrogen (secondary N) is 1. The van der Waals surface area contributed by atoms with Crippen LogP contribution in [0.4, 0.5) is 0 Å². The standard InChI is InChI=1S/C20H19BrN2O4/c1-25-16-6-4-13(5-7-16)12-23-20(24)15(11-22)8-14-9-17(21)19(27-3)18(10-14)26-2/h4-10H,12H2,1-3H3,(H,23,24)/b15-8+. The van der Waals surface area contributed by atoms with Gasteiger partial charge in [0, 0.05) is 6.54 Å². The Kier molecular flexibility index (Phi) is 7.26. The number of halogens is 1. The summed E-state index contributed by atoms with van der Waals surface area (Å²) in [6.07, 6.45) is 1.50. The first-order chi connectivity index (χ1) is 13.0. The molecule has 0 atom stereocenters. The van der Waals surface area contributed by atoms with E-state index in [1.165, 1.54) is 20.3 Å². The van der Waals surface area contributed by atoms with E-state index in [0.717, 1.165) is 11.3 Å². The van der Waals surface area contributed by atoms with Crippen molar-refractivity contribution in [3.05, 3.63) is 57.6 Å².